The van der Waals surface area contributed by atoms with Crippen molar-refractivity contribution in [1.29, 1.82) is 0 Å². The highest BCUT2D eigenvalue weighted by Gasteiger charge is 2.05. The first-order valence-corrected chi connectivity index (χ1v) is 6.46. The molecule has 0 saturated carbocycles. The second-order valence-electron chi connectivity index (χ2n) is 4.52. The zero-order chi connectivity index (χ0) is 13.7. The summed E-state index contributed by atoms with van der Waals surface area (Å²) >= 11 is 0. The molecule has 5 heteroatoms. The van der Waals surface area contributed by atoms with Gasteiger partial charge in [-0.3, -0.25) is 4.79 Å². The van der Waals surface area contributed by atoms with Crippen molar-refractivity contribution in [3.8, 4) is 0 Å². The summed E-state index contributed by atoms with van der Waals surface area (Å²) in [7, 11) is 1.88. The maximum atomic E-state index is 11.6. The van der Waals surface area contributed by atoms with Gasteiger partial charge in [0, 0.05) is 19.9 Å². The Hall–Kier alpha value is -1.88. The van der Waals surface area contributed by atoms with Crippen LogP contribution in [0.25, 0.3) is 11.1 Å². The molecular weight excluding hydrogens is 242 g/mol. The Labute approximate surface area is 112 Å². The van der Waals surface area contributed by atoms with E-state index in [0.717, 1.165) is 29.6 Å². The van der Waals surface area contributed by atoms with Gasteiger partial charge in [-0.05, 0) is 37.7 Å². The molecule has 0 atom stereocenters. The van der Waals surface area contributed by atoms with Crippen LogP contribution in [0.4, 0.5) is 0 Å². The number of hydrogen-bond donors (Lipinski definition) is 2. The number of oxazole rings is 1. The van der Waals surface area contributed by atoms with Crippen LogP contribution < -0.4 is 10.6 Å². The van der Waals surface area contributed by atoms with Crippen LogP contribution in [-0.4, -0.2) is 24.5 Å². The summed E-state index contributed by atoms with van der Waals surface area (Å²) in [6.45, 7) is 3.20. The molecule has 0 saturated heterocycles. The van der Waals surface area contributed by atoms with E-state index in [0.29, 0.717) is 18.9 Å². The van der Waals surface area contributed by atoms with Crippen molar-refractivity contribution >= 4 is 17.0 Å². The Morgan fingerprint density at radius 3 is 3.05 bits per heavy atom. The third-order valence-corrected chi connectivity index (χ3v) is 2.88. The van der Waals surface area contributed by atoms with Crippen LogP contribution in [0.1, 0.15) is 24.3 Å². The van der Waals surface area contributed by atoms with Gasteiger partial charge < -0.3 is 15.1 Å². The lowest BCUT2D eigenvalue weighted by Crippen LogP contribution is -2.23. The van der Waals surface area contributed by atoms with Gasteiger partial charge in [-0.2, -0.15) is 0 Å². The van der Waals surface area contributed by atoms with Crippen LogP contribution >= 0.6 is 0 Å². The molecule has 2 N–H and O–H groups in total. The molecule has 102 valence electrons. The minimum absolute atomic E-state index is 0.0732. The van der Waals surface area contributed by atoms with E-state index in [-0.39, 0.29) is 5.91 Å². The fourth-order valence-electron chi connectivity index (χ4n) is 1.91. The van der Waals surface area contributed by atoms with Crippen LogP contribution in [0.2, 0.25) is 0 Å². The topological polar surface area (TPSA) is 67.2 Å². The quantitative estimate of drug-likeness (QED) is 0.777. The summed E-state index contributed by atoms with van der Waals surface area (Å²) in [6.07, 6.45) is 1.40. The molecule has 0 spiro atoms. The fourth-order valence-corrected chi connectivity index (χ4v) is 1.91. The van der Waals surface area contributed by atoms with Crippen LogP contribution in [-0.2, 0) is 11.3 Å². The van der Waals surface area contributed by atoms with Gasteiger partial charge in [-0.1, -0.05) is 6.07 Å². The van der Waals surface area contributed by atoms with E-state index in [4.69, 9.17) is 4.42 Å². The van der Waals surface area contributed by atoms with Crippen molar-refractivity contribution in [3.63, 3.8) is 0 Å². The van der Waals surface area contributed by atoms with Gasteiger partial charge in [0.1, 0.15) is 5.52 Å². The highest BCUT2D eigenvalue weighted by atomic mass is 16.3. The van der Waals surface area contributed by atoms with Crippen molar-refractivity contribution in [1.82, 2.24) is 15.6 Å². The molecule has 1 aromatic carbocycles. The predicted octanol–water partition coefficient (Wildman–Crippen LogP) is 1.75. The summed E-state index contributed by atoms with van der Waals surface area (Å²) in [5.41, 5.74) is 2.63. The summed E-state index contributed by atoms with van der Waals surface area (Å²) in [5.74, 6) is 0.729. The number of benzene rings is 1. The molecule has 0 aliphatic carbocycles. The summed E-state index contributed by atoms with van der Waals surface area (Å²) < 4.78 is 5.46. The first-order chi connectivity index (χ1) is 9.19. The standard InChI is InChI=1S/C14H19N3O2/c1-10-17-12-6-5-11(8-13(12)19-10)9-16-14(18)4-3-7-15-2/h5-6,8,15H,3-4,7,9H2,1-2H3,(H,16,18). The van der Waals surface area contributed by atoms with E-state index in [1.807, 2.05) is 32.2 Å². The largest absolute Gasteiger partial charge is 0.441 e. The number of nitrogens with one attached hydrogen (secondary N) is 2. The third kappa shape index (κ3) is 3.79. The average molecular weight is 261 g/mol. The Kier molecular flexibility index (Phi) is 4.52. The lowest BCUT2D eigenvalue weighted by molar-refractivity contribution is -0.121. The molecule has 0 fully saturated rings. The summed E-state index contributed by atoms with van der Waals surface area (Å²) in [4.78, 5) is 15.8. The number of carbonyl (C=O) groups is 1. The van der Waals surface area contributed by atoms with Gasteiger partial charge in [-0.25, -0.2) is 4.98 Å². The molecular formula is C14H19N3O2. The number of carbonyl (C=O) groups excluding carboxylic acids is 1. The summed E-state index contributed by atoms with van der Waals surface area (Å²) in [5, 5.41) is 5.92. The highest BCUT2D eigenvalue weighted by molar-refractivity contribution is 5.76. The molecule has 1 aromatic heterocycles. The number of hydrogen-bond acceptors (Lipinski definition) is 4. The molecule has 5 nitrogen and oxygen atoms in total. The van der Waals surface area contributed by atoms with Crippen molar-refractivity contribution in [2.24, 2.45) is 0 Å². The van der Waals surface area contributed by atoms with Gasteiger partial charge in [0.15, 0.2) is 11.5 Å². The lowest BCUT2D eigenvalue weighted by Gasteiger charge is -2.05. The Bertz CT molecular complexity index is 563. The smallest absolute Gasteiger partial charge is 0.220 e. The minimum Gasteiger partial charge on any atom is -0.441 e. The SMILES string of the molecule is CNCCCC(=O)NCc1ccc2nc(C)oc2c1. The first-order valence-electron chi connectivity index (χ1n) is 6.46. The molecule has 0 bridgehead atoms. The second kappa shape index (κ2) is 6.33. The molecule has 0 aliphatic rings. The predicted molar refractivity (Wildman–Crippen MR) is 73.8 cm³/mol. The van der Waals surface area contributed by atoms with E-state index >= 15 is 0 Å². The van der Waals surface area contributed by atoms with Crippen LogP contribution in [0.15, 0.2) is 22.6 Å². The number of aryl methyl sites for hydroxylation is 1. The van der Waals surface area contributed by atoms with Crippen LogP contribution in [0, 0.1) is 6.92 Å². The van der Waals surface area contributed by atoms with Crippen molar-refractivity contribution in [2.45, 2.75) is 26.3 Å². The Morgan fingerprint density at radius 2 is 2.26 bits per heavy atom. The van der Waals surface area contributed by atoms with Crippen molar-refractivity contribution < 1.29 is 9.21 Å². The van der Waals surface area contributed by atoms with E-state index in [9.17, 15) is 4.79 Å². The zero-order valence-corrected chi connectivity index (χ0v) is 11.3. The maximum Gasteiger partial charge on any atom is 0.220 e. The van der Waals surface area contributed by atoms with E-state index in [1.165, 1.54) is 0 Å². The highest BCUT2D eigenvalue weighted by Crippen LogP contribution is 2.16. The molecule has 2 rings (SSSR count). The van der Waals surface area contributed by atoms with E-state index < -0.39 is 0 Å². The molecule has 0 aliphatic heterocycles. The Balaban J connectivity index is 1.88. The second-order valence-corrected chi connectivity index (χ2v) is 4.52. The number of fused-ring (bicyclic) bond motifs is 1. The first kappa shape index (κ1) is 13.5. The molecule has 1 amide bonds. The van der Waals surface area contributed by atoms with Gasteiger partial charge >= 0.3 is 0 Å². The zero-order valence-electron chi connectivity index (χ0n) is 11.3. The van der Waals surface area contributed by atoms with Crippen molar-refractivity contribution in [3.05, 3.63) is 29.7 Å². The van der Waals surface area contributed by atoms with Gasteiger partial charge in [0.05, 0.1) is 0 Å². The monoisotopic (exact) mass is 261 g/mol. The number of aromatic nitrogens is 1. The van der Waals surface area contributed by atoms with E-state index in [1.54, 1.807) is 0 Å². The number of nitrogens with zero attached hydrogens (tertiary/aromatic N) is 1. The fraction of sp³-hybridized carbons (Fsp3) is 0.429. The van der Waals surface area contributed by atoms with Gasteiger partial charge in [0.25, 0.3) is 0 Å². The lowest BCUT2D eigenvalue weighted by atomic mass is 10.2. The molecule has 1 heterocycles. The van der Waals surface area contributed by atoms with Gasteiger partial charge in [0.2, 0.25) is 5.91 Å². The van der Waals surface area contributed by atoms with Gasteiger partial charge in [-0.15, -0.1) is 0 Å². The van der Waals surface area contributed by atoms with Crippen molar-refractivity contribution in [2.75, 3.05) is 13.6 Å². The maximum absolute atomic E-state index is 11.6. The molecule has 19 heavy (non-hydrogen) atoms. The average Bonchev–Trinajstić information content (AvgIpc) is 2.76. The summed E-state index contributed by atoms with van der Waals surface area (Å²) in [6, 6.07) is 5.79. The molecule has 0 radical (unpaired) electrons. The number of amides is 1. The minimum atomic E-state index is 0.0732. The molecule has 2 aromatic rings. The molecule has 0 unspecified atom stereocenters. The normalized spacial score (nSPS) is 10.8. The van der Waals surface area contributed by atoms with Crippen LogP contribution in [0.3, 0.4) is 0 Å². The van der Waals surface area contributed by atoms with Crippen LogP contribution in [0.5, 0.6) is 0 Å². The number of rotatable bonds is 6. The van der Waals surface area contributed by atoms with E-state index in [2.05, 4.69) is 15.6 Å². The third-order valence-electron chi connectivity index (χ3n) is 2.88. The Morgan fingerprint density at radius 1 is 1.42 bits per heavy atom.